The van der Waals surface area contributed by atoms with Gasteiger partial charge in [0.2, 0.25) is 11.8 Å². The molecule has 6 nitrogen and oxygen atoms in total. The molecule has 1 spiro atoms. The monoisotopic (exact) mass is 327 g/mol. The first kappa shape index (κ1) is 15.3. The second-order valence-electron chi connectivity index (χ2n) is 7.33. The van der Waals surface area contributed by atoms with Gasteiger partial charge in [-0.1, -0.05) is 6.07 Å². The largest absolute Gasteiger partial charge is 0.357 e. The Kier molecular flexibility index (Phi) is 3.62. The molecule has 3 heterocycles. The number of carbonyl (C=O) groups excluding carboxylic acids is 3. The number of ketones is 1. The number of amides is 2. The van der Waals surface area contributed by atoms with Crippen LogP contribution in [0.15, 0.2) is 18.3 Å². The summed E-state index contributed by atoms with van der Waals surface area (Å²) in [6.07, 6.45) is 6.29. The fourth-order valence-electron chi connectivity index (χ4n) is 4.15. The number of hydrogen-bond acceptors (Lipinski definition) is 5. The number of Topliss-reactive ketones (excluding diaryl/α,β-unsaturated/α-hetero) is 1. The summed E-state index contributed by atoms with van der Waals surface area (Å²) in [6, 6.07) is 3.91. The molecule has 6 heteroatoms. The van der Waals surface area contributed by atoms with E-state index in [9.17, 15) is 14.4 Å². The molecule has 2 saturated heterocycles. The molecule has 1 unspecified atom stereocenters. The summed E-state index contributed by atoms with van der Waals surface area (Å²) < 4.78 is 0. The number of piperidine rings is 2. The highest BCUT2D eigenvalue weighted by Crippen LogP contribution is 2.47. The Labute approximate surface area is 140 Å². The van der Waals surface area contributed by atoms with E-state index in [-0.39, 0.29) is 23.1 Å². The molecule has 1 N–H and O–H groups in total. The highest BCUT2D eigenvalue weighted by Gasteiger charge is 2.45. The number of nitrogens with one attached hydrogen (secondary N) is 1. The zero-order valence-electron chi connectivity index (χ0n) is 13.6. The number of anilines is 1. The van der Waals surface area contributed by atoms with Crippen molar-refractivity contribution >= 4 is 23.4 Å². The van der Waals surface area contributed by atoms with E-state index in [1.54, 1.807) is 6.20 Å². The Balaban J connectivity index is 1.40. The van der Waals surface area contributed by atoms with E-state index in [0.29, 0.717) is 18.6 Å². The van der Waals surface area contributed by atoms with Crippen LogP contribution in [0.25, 0.3) is 0 Å². The van der Waals surface area contributed by atoms with Gasteiger partial charge >= 0.3 is 0 Å². The van der Waals surface area contributed by atoms with Crippen LogP contribution >= 0.6 is 0 Å². The Bertz CT molecular complexity index is 680. The van der Waals surface area contributed by atoms with Gasteiger partial charge in [-0.2, -0.15) is 0 Å². The molecule has 0 bridgehead atoms. The van der Waals surface area contributed by atoms with Gasteiger partial charge in [0.05, 0.1) is 5.92 Å². The molecule has 1 atom stereocenters. The summed E-state index contributed by atoms with van der Waals surface area (Å²) in [4.78, 5) is 41.2. The summed E-state index contributed by atoms with van der Waals surface area (Å²) in [5.74, 6) is 0.615. The maximum atomic E-state index is 11.9. The summed E-state index contributed by atoms with van der Waals surface area (Å²) in [5, 5.41) is 2.39. The zero-order chi connectivity index (χ0) is 16.7. The van der Waals surface area contributed by atoms with Crippen molar-refractivity contribution in [2.45, 2.75) is 44.4 Å². The van der Waals surface area contributed by atoms with Gasteiger partial charge < -0.3 is 4.90 Å². The third-order valence-electron chi connectivity index (χ3n) is 5.70. The van der Waals surface area contributed by atoms with Gasteiger partial charge in [0.1, 0.15) is 11.6 Å². The molecule has 3 fully saturated rings. The highest BCUT2D eigenvalue weighted by atomic mass is 16.2. The minimum Gasteiger partial charge on any atom is -0.357 e. The quantitative estimate of drug-likeness (QED) is 0.834. The lowest BCUT2D eigenvalue weighted by molar-refractivity contribution is -0.135. The first-order valence-corrected chi connectivity index (χ1v) is 8.61. The molecule has 3 aliphatic rings. The Morgan fingerprint density at radius 3 is 2.46 bits per heavy atom. The molecular formula is C18H21N3O3. The van der Waals surface area contributed by atoms with Crippen LogP contribution in [-0.4, -0.2) is 35.7 Å². The molecule has 0 aromatic carbocycles. The first-order valence-electron chi connectivity index (χ1n) is 8.61. The summed E-state index contributed by atoms with van der Waals surface area (Å²) in [6.45, 7) is 1.86. The van der Waals surface area contributed by atoms with Gasteiger partial charge in [0.25, 0.3) is 0 Å². The summed E-state index contributed by atoms with van der Waals surface area (Å²) in [5.41, 5.74) is 1.13. The van der Waals surface area contributed by atoms with Crippen molar-refractivity contribution in [2.75, 3.05) is 18.0 Å². The minimum atomic E-state index is -0.283. The SMILES string of the molecule is O=C1CC2(CCN(c3ccc(C4CCC(=O)NC4=O)cn3)CC2)C1. The van der Waals surface area contributed by atoms with E-state index in [2.05, 4.69) is 15.2 Å². The normalized spacial score (nSPS) is 26.2. The average molecular weight is 327 g/mol. The topological polar surface area (TPSA) is 79.4 Å². The summed E-state index contributed by atoms with van der Waals surface area (Å²) >= 11 is 0. The second kappa shape index (κ2) is 5.69. The molecule has 1 aromatic heterocycles. The minimum absolute atomic E-state index is 0.197. The van der Waals surface area contributed by atoms with E-state index in [0.717, 1.165) is 50.2 Å². The van der Waals surface area contributed by atoms with Gasteiger partial charge in [-0.05, 0) is 36.3 Å². The van der Waals surface area contributed by atoms with Crippen LogP contribution in [0.4, 0.5) is 5.82 Å². The van der Waals surface area contributed by atoms with E-state index in [1.807, 2.05) is 12.1 Å². The van der Waals surface area contributed by atoms with Gasteiger partial charge in [-0.25, -0.2) is 4.98 Å². The molecule has 1 aliphatic carbocycles. The van der Waals surface area contributed by atoms with E-state index >= 15 is 0 Å². The van der Waals surface area contributed by atoms with E-state index in [1.165, 1.54) is 0 Å². The lowest BCUT2D eigenvalue weighted by Gasteiger charge is -2.47. The van der Waals surface area contributed by atoms with Crippen molar-refractivity contribution in [3.05, 3.63) is 23.9 Å². The third-order valence-corrected chi connectivity index (χ3v) is 5.70. The molecule has 24 heavy (non-hydrogen) atoms. The molecular weight excluding hydrogens is 306 g/mol. The summed E-state index contributed by atoms with van der Waals surface area (Å²) in [7, 11) is 0. The van der Waals surface area contributed by atoms with Crippen molar-refractivity contribution in [3.63, 3.8) is 0 Å². The maximum absolute atomic E-state index is 11.9. The van der Waals surface area contributed by atoms with Crippen LogP contribution in [0.3, 0.4) is 0 Å². The van der Waals surface area contributed by atoms with Crippen molar-refractivity contribution < 1.29 is 14.4 Å². The third kappa shape index (κ3) is 2.70. The smallest absolute Gasteiger partial charge is 0.234 e. The molecule has 0 radical (unpaired) electrons. The lowest BCUT2D eigenvalue weighted by atomic mass is 9.62. The molecule has 1 saturated carbocycles. The van der Waals surface area contributed by atoms with Crippen LogP contribution in [0.2, 0.25) is 0 Å². The second-order valence-corrected chi connectivity index (χ2v) is 7.33. The number of pyridine rings is 1. The van der Waals surface area contributed by atoms with Crippen molar-refractivity contribution in [2.24, 2.45) is 5.41 Å². The first-order chi connectivity index (χ1) is 11.5. The lowest BCUT2D eigenvalue weighted by Crippen LogP contribution is -2.47. The zero-order valence-corrected chi connectivity index (χ0v) is 13.6. The maximum Gasteiger partial charge on any atom is 0.234 e. The number of carbonyl (C=O) groups is 3. The highest BCUT2D eigenvalue weighted by molar-refractivity contribution is 6.00. The van der Waals surface area contributed by atoms with Crippen LogP contribution < -0.4 is 10.2 Å². The van der Waals surface area contributed by atoms with Crippen LogP contribution in [0.5, 0.6) is 0 Å². The standard InChI is InChI=1S/C18H21N3O3/c22-13-9-18(10-13)5-7-21(8-6-18)15-3-1-12(11-19-15)14-2-4-16(23)20-17(14)24/h1,3,11,14H,2,4-10H2,(H,20,23,24). The number of aromatic nitrogens is 1. The number of imide groups is 1. The van der Waals surface area contributed by atoms with Crippen LogP contribution in [-0.2, 0) is 14.4 Å². The number of nitrogens with zero attached hydrogens (tertiary/aromatic N) is 2. The van der Waals surface area contributed by atoms with Gasteiger partial charge in [0, 0.05) is 38.5 Å². The van der Waals surface area contributed by atoms with Crippen molar-refractivity contribution in [1.82, 2.24) is 10.3 Å². The number of rotatable bonds is 2. The Hall–Kier alpha value is -2.24. The van der Waals surface area contributed by atoms with E-state index in [4.69, 9.17) is 0 Å². The van der Waals surface area contributed by atoms with Gasteiger partial charge in [-0.3, -0.25) is 19.7 Å². The average Bonchev–Trinajstić information content (AvgIpc) is 2.55. The van der Waals surface area contributed by atoms with Gasteiger partial charge in [0.15, 0.2) is 0 Å². The predicted molar refractivity (Wildman–Crippen MR) is 87.5 cm³/mol. The molecule has 2 aliphatic heterocycles. The molecule has 126 valence electrons. The van der Waals surface area contributed by atoms with Crippen LogP contribution in [0.1, 0.15) is 50.0 Å². The Morgan fingerprint density at radius 1 is 1.12 bits per heavy atom. The Morgan fingerprint density at radius 2 is 1.88 bits per heavy atom. The molecule has 4 rings (SSSR count). The fraction of sp³-hybridized carbons (Fsp3) is 0.556. The van der Waals surface area contributed by atoms with E-state index < -0.39 is 0 Å². The fourth-order valence-corrected chi connectivity index (χ4v) is 4.15. The van der Waals surface area contributed by atoms with Crippen LogP contribution in [0, 0.1) is 5.41 Å². The van der Waals surface area contributed by atoms with Crippen molar-refractivity contribution in [3.8, 4) is 0 Å². The predicted octanol–water partition coefficient (Wildman–Crippen LogP) is 1.55. The van der Waals surface area contributed by atoms with Gasteiger partial charge in [-0.15, -0.1) is 0 Å². The number of hydrogen-bond donors (Lipinski definition) is 1. The molecule has 2 amide bonds. The van der Waals surface area contributed by atoms with Crippen molar-refractivity contribution in [1.29, 1.82) is 0 Å². The molecule has 1 aromatic rings.